The Bertz CT molecular complexity index is 1040. The van der Waals surface area contributed by atoms with Gasteiger partial charge in [0.2, 0.25) is 6.79 Å². The minimum atomic E-state index is -0.542. The Balaban J connectivity index is 1.12. The molecule has 1 saturated heterocycles. The Morgan fingerprint density at radius 2 is 1.90 bits per heavy atom. The third-order valence-electron chi connectivity index (χ3n) is 6.20. The molecule has 3 aromatic rings. The topological polar surface area (TPSA) is 76.2 Å². The number of methoxy groups -OCH3 is 1. The van der Waals surface area contributed by atoms with Crippen LogP contribution < -0.4 is 18.9 Å². The lowest BCUT2D eigenvalue weighted by atomic mass is 9.89. The van der Waals surface area contributed by atoms with Crippen molar-refractivity contribution in [3.8, 4) is 23.0 Å². The minimum Gasteiger partial charge on any atom is -0.497 e. The molecule has 5 rings (SSSR count). The molecule has 1 atom stereocenters. The van der Waals surface area contributed by atoms with Gasteiger partial charge in [0.15, 0.2) is 11.5 Å². The van der Waals surface area contributed by atoms with Gasteiger partial charge in [-0.3, -0.25) is 0 Å². The van der Waals surface area contributed by atoms with Gasteiger partial charge in [0.25, 0.3) is 0 Å². The molecule has 0 amide bonds. The Morgan fingerprint density at radius 1 is 1.10 bits per heavy atom. The zero-order chi connectivity index (χ0) is 21.2. The molecule has 3 heterocycles. The maximum absolute atomic E-state index is 10.5. The third kappa shape index (κ3) is 4.29. The van der Waals surface area contributed by atoms with Gasteiger partial charge in [-0.15, -0.1) is 0 Å². The van der Waals surface area contributed by atoms with Crippen molar-refractivity contribution in [1.29, 1.82) is 0 Å². The normalized spacial score (nSPS) is 17.7. The number of rotatable bonds is 7. The van der Waals surface area contributed by atoms with E-state index in [2.05, 4.69) is 28.2 Å². The second kappa shape index (κ2) is 8.69. The van der Waals surface area contributed by atoms with E-state index < -0.39 is 6.10 Å². The van der Waals surface area contributed by atoms with Crippen LogP contribution in [0.5, 0.6) is 23.0 Å². The van der Waals surface area contributed by atoms with Gasteiger partial charge in [-0.1, -0.05) is 0 Å². The lowest BCUT2D eigenvalue weighted by Gasteiger charge is -2.33. The molecule has 0 radical (unpaired) electrons. The Labute approximate surface area is 181 Å². The molecule has 0 aliphatic carbocycles. The molecule has 0 saturated carbocycles. The maximum Gasteiger partial charge on any atom is 0.231 e. The van der Waals surface area contributed by atoms with Crippen LogP contribution in [0.3, 0.4) is 0 Å². The van der Waals surface area contributed by atoms with Crippen LogP contribution in [0.25, 0.3) is 10.9 Å². The van der Waals surface area contributed by atoms with E-state index in [4.69, 9.17) is 18.9 Å². The smallest absolute Gasteiger partial charge is 0.231 e. The summed E-state index contributed by atoms with van der Waals surface area (Å²) in [6.45, 7) is 3.02. The van der Waals surface area contributed by atoms with Crippen molar-refractivity contribution in [2.24, 2.45) is 0 Å². The van der Waals surface area contributed by atoms with Crippen LogP contribution in [0.4, 0.5) is 0 Å². The van der Waals surface area contributed by atoms with Crippen LogP contribution in [0.2, 0.25) is 0 Å². The van der Waals surface area contributed by atoms with Gasteiger partial charge in [0.05, 0.1) is 7.11 Å². The Kier molecular flexibility index (Phi) is 5.61. The highest BCUT2D eigenvalue weighted by molar-refractivity contribution is 5.85. The highest BCUT2D eigenvalue weighted by Crippen LogP contribution is 2.36. The van der Waals surface area contributed by atoms with Crippen molar-refractivity contribution in [3.05, 3.63) is 48.2 Å². The number of H-pyrrole nitrogens is 1. The van der Waals surface area contributed by atoms with Gasteiger partial charge in [0.1, 0.15) is 24.2 Å². The molecule has 31 heavy (non-hydrogen) atoms. The number of nitrogens with zero attached hydrogens (tertiary/aromatic N) is 1. The van der Waals surface area contributed by atoms with Crippen molar-refractivity contribution >= 4 is 10.9 Å². The van der Waals surface area contributed by atoms with Crippen molar-refractivity contribution < 1.29 is 24.1 Å². The van der Waals surface area contributed by atoms with Crippen molar-refractivity contribution in [3.63, 3.8) is 0 Å². The number of hydrogen-bond donors (Lipinski definition) is 2. The number of fused-ring (bicyclic) bond motifs is 2. The second-order valence-corrected chi connectivity index (χ2v) is 8.21. The van der Waals surface area contributed by atoms with Gasteiger partial charge in [-0.05, 0) is 67.7 Å². The third-order valence-corrected chi connectivity index (χ3v) is 6.20. The average Bonchev–Trinajstić information content (AvgIpc) is 3.44. The second-order valence-electron chi connectivity index (χ2n) is 8.21. The molecule has 164 valence electrons. The number of aliphatic hydroxyl groups excluding tert-OH is 1. The number of β-amino-alcohol motifs (C(OH)–C–C–N with tert-alkyl or cyclic N) is 1. The van der Waals surface area contributed by atoms with E-state index in [9.17, 15) is 5.11 Å². The fraction of sp³-hybridized carbons (Fsp3) is 0.417. The first-order valence-electron chi connectivity index (χ1n) is 10.8. The predicted molar refractivity (Wildman–Crippen MR) is 117 cm³/mol. The molecular weight excluding hydrogens is 396 g/mol. The zero-order valence-corrected chi connectivity index (χ0v) is 17.7. The van der Waals surface area contributed by atoms with E-state index in [0.29, 0.717) is 24.0 Å². The fourth-order valence-corrected chi connectivity index (χ4v) is 4.52. The summed E-state index contributed by atoms with van der Waals surface area (Å²) in [5, 5.41) is 11.7. The summed E-state index contributed by atoms with van der Waals surface area (Å²) in [4.78, 5) is 5.70. The van der Waals surface area contributed by atoms with E-state index >= 15 is 0 Å². The fourth-order valence-electron chi connectivity index (χ4n) is 4.52. The van der Waals surface area contributed by atoms with E-state index in [1.165, 1.54) is 10.9 Å². The number of piperidine rings is 1. The summed E-state index contributed by atoms with van der Waals surface area (Å²) < 4.78 is 21.8. The van der Waals surface area contributed by atoms with Crippen LogP contribution >= 0.6 is 0 Å². The zero-order valence-electron chi connectivity index (χ0n) is 17.7. The van der Waals surface area contributed by atoms with Crippen molar-refractivity contribution in [1.82, 2.24) is 9.88 Å². The first-order valence-corrected chi connectivity index (χ1v) is 10.8. The minimum absolute atomic E-state index is 0.240. The number of benzene rings is 2. The van der Waals surface area contributed by atoms with Crippen molar-refractivity contribution in [2.45, 2.75) is 24.9 Å². The van der Waals surface area contributed by atoms with Crippen LogP contribution in [0.1, 0.15) is 24.3 Å². The molecule has 1 fully saturated rings. The quantitative estimate of drug-likeness (QED) is 0.604. The van der Waals surface area contributed by atoms with Crippen LogP contribution in [0.15, 0.2) is 42.6 Å². The molecule has 2 aromatic carbocycles. The van der Waals surface area contributed by atoms with E-state index in [-0.39, 0.29) is 13.4 Å². The Morgan fingerprint density at radius 3 is 2.74 bits per heavy atom. The molecule has 7 heteroatoms. The monoisotopic (exact) mass is 424 g/mol. The molecule has 0 spiro atoms. The number of ether oxygens (including phenoxy) is 4. The van der Waals surface area contributed by atoms with E-state index in [1.54, 1.807) is 13.2 Å². The van der Waals surface area contributed by atoms with Crippen molar-refractivity contribution in [2.75, 3.05) is 40.1 Å². The average molecular weight is 424 g/mol. The molecule has 7 nitrogen and oxygen atoms in total. The molecule has 2 N–H and O–H groups in total. The molecule has 2 aliphatic heterocycles. The van der Waals surface area contributed by atoms with Gasteiger partial charge >= 0.3 is 0 Å². The summed E-state index contributed by atoms with van der Waals surface area (Å²) in [5.41, 5.74) is 2.51. The van der Waals surface area contributed by atoms with Gasteiger partial charge in [-0.2, -0.15) is 0 Å². The molecular formula is C24H28N2O5. The molecule has 1 unspecified atom stereocenters. The molecule has 2 aliphatic rings. The van der Waals surface area contributed by atoms with Crippen LogP contribution in [-0.2, 0) is 0 Å². The number of hydrogen-bond acceptors (Lipinski definition) is 6. The lowest BCUT2D eigenvalue weighted by molar-refractivity contribution is 0.0594. The summed E-state index contributed by atoms with van der Waals surface area (Å²) in [5.74, 6) is 3.49. The number of likely N-dealkylation sites (tertiary alicyclic amines) is 1. The summed E-state index contributed by atoms with van der Waals surface area (Å²) in [6, 6.07) is 11.6. The lowest BCUT2D eigenvalue weighted by Crippen LogP contribution is -2.40. The predicted octanol–water partition coefficient (Wildman–Crippen LogP) is 3.52. The highest BCUT2D eigenvalue weighted by atomic mass is 16.7. The highest BCUT2D eigenvalue weighted by Gasteiger charge is 2.24. The number of aromatic amines is 1. The van der Waals surface area contributed by atoms with Gasteiger partial charge < -0.3 is 33.9 Å². The number of aliphatic hydroxyl groups is 1. The van der Waals surface area contributed by atoms with Crippen LogP contribution in [0, 0.1) is 0 Å². The van der Waals surface area contributed by atoms with Gasteiger partial charge in [0, 0.05) is 29.7 Å². The van der Waals surface area contributed by atoms with Crippen LogP contribution in [-0.4, -0.2) is 61.2 Å². The van der Waals surface area contributed by atoms with E-state index in [1.807, 2.05) is 18.2 Å². The standard InChI is InChI=1S/C24H28N2O5/c1-28-18-2-4-22-20(10-18)21(12-25-22)16-6-8-26(9-7-16)13-17(27)14-29-19-3-5-23-24(11-19)31-15-30-23/h2-5,10-12,16-17,25,27H,6-9,13-15H2,1H3. The molecule has 0 bridgehead atoms. The van der Waals surface area contributed by atoms with Gasteiger partial charge in [-0.25, -0.2) is 0 Å². The van der Waals surface area contributed by atoms with E-state index in [0.717, 1.165) is 42.9 Å². The summed E-state index contributed by atoms with van der Waals surface area (Å²) in [7, 11) is 1.70. The number of aromatic nitrogens is 1. The Hall–Kier alpha value is -2.90. The summed E-state index contributed by atoms with van der Waals surface area (Å²) in [6.07, 6.45) is 3.73. The first kappa shape index (κ1) is 20.0. The largest absolute Gasteiger partial charge is 0.497 e. The first-order chi connectivity index (χ1) is 15.2. The summed E-state index contributed by atoms with van der Waals surface area (Å²) >= 11 is 0. The number of nitrogens with one attached hydrogen (secondary N) is 1. The maximum atomic E-state index is 10.5. The SMILES string of the molecule is COc1ccc2[nH]cc(C3CCN(CC(O)COc4ccc5c(c4)OCO5)CC3)c2c1. The molecule has 1 aromatic heterocycles.